The van der Waals surface area contributed by atoms with Crippen LogP contribution in [0.1, 0.15) is 40.5 Å². The molecule has 0 spiro atoms. The number of benzene rings is 1. The van der Waals surface area contributed by atoms with E-state index in [-0.39, 0.29) is 0 Å². The molecule has 23 heavy (non-hydrogen) atoms. The van der Waals surface area contributed by atoms with Crippen molar-refractivity contribution in [3.8, 4) is 0 Å². The minimum Gasteiger partial charge on any atom is -0.368 e. The van der Waals surface area contributed by atoms with Gasteiger partial charge < -0.3 is 11.1 Å². The summed E-state index contributed by atoms with van der Waals surface area (Å²) >= 11 is 0. The highest BCUT2D eigenvalue weighted by molar-refractivity contribution is 5.98. The number of hydrogen-bond acceptors (Lipinski definition) is 3. The molecule has 1 atom stereocenters. The Hall–Kier alpha value is -2.70. The molecule has 0 saturated heterocycles. The molecule has 0 fully saturated rings. The van der Waals surface area contributed by atoms with Gasteiger partial charge in [0, 0.05) is 6.54 Å². The van der Waals surface area contributed by atoms with Gasteiger partial charge >= 0.3 is 0 Å². The van der Waals surface area contributed by atoms with Crippen LogP contribution in [0.4, 0.5) is 4.39 Å². The number of carbonyl (C=O) groups excluding carboxylic acids is 2. The minimum absolute atomic E-state index is 0.402. The van der Waals surface area contributed by atoms with Crippen molar-refractivity contribution in [1.29, 1.82) is 0 Å². The number of nitrogens with two attached hydrogens (primary N) is 1. The Kier molecular flexibility index (Phi) is 4.10. The summed E-state index contributed by atoms with van der Waals surface area (Å²) in [6, 6.07) is 4.29. The first-order chi connectivity index (χ1) is 11.1. The summed E-state index contributed by atoms with van der Waals surface area (Å²) < 4.78 is 14.8. The molecule has 120 valence electrons. The molecule has 3 rings (SSSR count). The Morgan fingerprint density at radius 2 is 2.00 bits per heavy atom. The van der Waals surface area contributed by atoms with E-state index in [1.165, 1.54) is 30.5 Å². The highest BCUT2D eigenvalue weighted by atomic mass is 19.1. The van der Waals surface area contributed by atoms with Gasteiger partial charge in [0.05, 0.1) is 17.5 Å². The molecule has 0 aliphatic carbocycles. The molecular formula is C16H17FN4O2. The molecule has 3 N–H and O–H groups in total. The number of aromatic nitrogens is 2. The van der Waals surface area contributed by atoms with Crippen LogP contribution in [0.3, 0.4) is 0 Å². The van der Waals surface area contributed by atoms with Crippen molar-refractivity contribution in [2.24, 2.45) is 5.73 Å². The van der Waals surface area contributed by atoms with Gasteiger partial charge in [-0.3, -0.25) is 14.3 Å². The van der Waals surface area contributed by atoms with Gasteiger partial charge in [0.15, 0.2) is 0 Å². The maximum absolute atomic E-state index is 13.0. The molecule has 0 radical (unpaired) electrons. The average molecular weight is 316 g/mol. The van der Waals surface area contributed by atoms with E-state index in [9.17, 15) is 14.0 Å². The molecule has 2 aromatic rings. The third kappa shape index (κ3) is 3.08. The van der Waals surface area contributed by atoms with Gasteiger partial charge in [-0.2, -0.15) is 5.10 Å². The third-order valence-corrected chi connectivity index (χ3v) is 3.99. The number of hydrogen-bond donors (Lipinski definition) is 2. The zero-order chi connectivity index (χ0) is 16.4. The van der Waals surface area contributed by atoms with E-state index in [4.69, 9.17) is 5.73 Å². The zero-order valence-electron chi connectivity index (χ0n) is 12.5. The number of aryl methyl sites for hydroxylation is 1. The number of primary amides is 1. The highest BCUT2D eigenvalue weighted by Crippen LogP contribution is 2.20. The second-order valence-corrected chi connectivity index (χ2v) is 5.55. The molecule has 2 amide bonds. The van der Waals surface area contributed by atoms with Crippen molar-refractivity contribution in [1.82, 2.24) is 15.1 Å². The van der Waals surface area contributed by atoms with E-state index in [0.29, 0.717) is 11.1 Å². The third-order valence-electron chi connectivity index (χ3n) is 3.99. The van der Waals surface area contributed by atoms with Crippen LogP contribution in [0, 0.1) is 5.82 Å². The highest BCUT2D eigenvalue weighted by Gasteiger charge is 2.25. The van der Waals surface area contributed by atoms with E-state index < -0.39 is 23.7 Å². The Morgan fingerprint density at radius 1 is 1.26 bits per heavy atom. The largest absolute Gasteiger partial charge is 0.368 e. The lowest BCUT2D eigenvalue weighted by Gasteiger charge is -2.17. The Balaban J connectivity index is 1.83. The molecule has 1 aliphatic rings. The standard InChI is InChI=1S/C16H17FN4O2/c17-11-6-4-10(5-7-11)14(15(18)22)20-16(23)12-9-19-21-8-2-1-3-13(12)21/h4-7,9,14H,1-3,8H2,(H2,18,22)(H,20,23)/t14-/m0/s1. The Bertz CT molecular complexity index is 739. The zero-order valence-corrected chi connectivity index (χ0v) is 12.5. The van der Waals surface area contributed by atoms with Crippen LogP contribution in [-0.4, -0.2) is 21.6 Å². The smallest absolute Gasteiger partial charge is 0.255 e. The number of amides is 2. The molecule has 7 heteroatoms. The van der Waals surface area contributed by atoms with Gasteiger partial charge in [-0.15, -0.1) is 0 Å². The molecule has 6 nitrogen and oxygen atoms in total. The lowest BCUT2D eigenvalue weighted by atomic mass is 10.0. The molecule has 0 bridgehead atoms. The van der Waals surface area contributed by atoms with Gasteiger partial charge in [0.25, 0.3) is 5.91 Å². The number of nitrogens with one attached hydrogen (secondary N) is 1. The van der Waals surface area contributed by atoms with Crippen LogP contribution in [0.5, 0.6) is 0 Å². The van der Waals surface area contributed by atoms with Crippen LogP contribution in [0.2, 0.25) is 0 Å². The van der Waals surface area contributed by atoms with E-state index in [1.807, 2.05) is 4.68 Å². The van der Waals surface area contributed by atoms with Crippen LogP contribution >= 0.6 is 0 Å². The molecule has 1 aliphatic heterocycles. The van der Waals surface area contributed by atoms with Crippen molar-refractivity contribution in [3.63, 3.8) is 0 Å². The van der Waals surface area contributed by atoms with Gasteiger partial charge in [-0.25, -0.2) is 4.39 Å². The van der Waals surface area contributed by atoms with Crippen molar-refractivity contribution in [3.05, 3.63) is 53.1 Å². The average Bonchev–Trinajstić information content (AvgIpc) is 2.97. The van der Waals surface area contributed by atoms with Crippen LogP contribution in [-0.2, 0) is 17.8 Å². The number of nitrogens with zero attached hydrogens (tertiary/aromatic N) is 2. The summed E-state index contributed by atoms with van der Waals surface area (Å²) in [4.78, 5) is 24.2. The first-order valence-electron chi connectivity index (χ1n) is 7.46. The Morgan fingerprint density at radius 3 is 2.70 bits per heavy atom. The number of rotatable bonds is 4. The van der Waals surface area contributed by atoms with E-state index in [0.717, 1.165) is 31.5 Å². The van der Waals surface area contributed by atoms with Crippen molar-refractivity contribution < 1.29 is 14.0 Å². The summed E-state index contributed by atoms with van der Waals surface area (Å²) in [6.07, 6.45) is 4.33. The van der Waals surface area contributed by atoms with Gasteiger partial charge in [0.1, 0.15) is 11.9 Å². The molecule has 0 saturated carbocycles. The summed E-state index contributed by atoms with van der Waals surface area (Å²) in [6.45, 7) is 0.791. The van der Waals surface area contributed by atoms with Gasteiger partial charge in [-0.05, 0) is 37.0 Å². The van der Waals surface area contributed by atoms with Gasteiger partial charge in [-0.1, -0.05) is 12.1 Å². The molecule has 2 heterocycles. The molecular weight excluding hydrogens is 299 g/mol. The van der Waals surface area contributed by atoms with Gasteiger partial charge in [0.2, 0.25) is 5.91 Å². The lowest BCUT2D eigenvalue weighted by Crippen LogP contribution is -2.37. The minimum atomic E-state index is -1.01. The number of halogens is 1. The maximum atomic E-state index is 13.0. The first-order valence-corrected chi connectivity index (χ1v) is 7.46. The Labute approximate surface area is 132 Å². The fourth-order valence-electron chi connectivity index (χ4n) is 2.79. The quantitative estimate of drug-likeness (QED) is 0.891. The van der Waals surface area contributed by atoms with Crippen molar-refractivity contribution in [2.75, 3.05) is 0 Å². The summed E-state index contributed by atoms with van der Waals surface area (Å²) in [5.41, 5.74) is 7.14. The number of carbonyl (C=O) groups is 2. The summed E-state index contributed by atoms with van der Waals surface area (Å²) in [7, 11) is 0. The summed E-state index contributed by atoms with van der Waals surface area (Å²) in [5, 5.41) is 6.82. The second kappa shape index (κ2) is 6.20. The van der Waals surface area contributed by atoms with Crippen LogP contribution < -0.4 is 11.1 Å². The topological polar surface area (TPSA) is 90.0 Å². The van der Waals surface area contributed by atoms with E-state index in [2.05, 4.69) is 10.4 Å². The predicted molar refractivity (Wildman–Crippen MR) is 81.0 cm³/mol. The summed E-state index contributed by atoms with van der Waals surface area (Å²) in [5.74, 6) is -1.53. The molecule has 1 aromatic heterocycles. The normalized spacial score (nSPS) is 14.8. The van der Waals surface area contributed by atoms with Crippen LogP contribution in [0.15, 0.2) is 30.5 Å². The fraction of sp³-hybridized carbons (Fsp3) is 0.312. The monoisotopic (exact) mass is 316 g/mol. The van der Waals surface area contributed by atoms with E-state index in [1.54, 1.807) is 0 Å². The van der Waals surface area contributed by atoms with Crippen molar-refractivity contribution in [2.45, 2.75) is 31.8 Å². The first kappa shape index (κ1) is 15.2. The lowest BCUT2D eigenvalue weighted by molar-refractivity contribution is -0.120. The number of fused-ring (bicyclic) bond motifs is 1. The predicted octanol–water partition coefficient (Wildman–Crippen LogP) is 1.31. The molecule has 0 unspecified atom stereocenters. The fourth-order valence-corrected chi connectivity index (χ4v) is 2.79. The maximum Gasteiger partial charge on any atom is 0.255 e. The SMILES string of the molecule is NC(=O)[C@@H](NC(=O)c1cnn2c1CCCC2)c1ccc(F)cc1. The van der Waals surface area contributed by atoms with Crippen molar-refractivity contribution >= 4 is 11.8 Å². The van der Waals surface area contributed by atoms with Crippen LogP contribution in [0.25, 0.3) is 0 Å². The van der Waals surface area contributed by atoms with E-state index >= 15 is 0 Å². The second-order valence-electron chi connectivity index (χ2n) is 5.55. The molecule has 1 aromatic carbocycles.